The fourth-order valence-corrected chi connectivity index (χ4v) is 2.28. The van der Waals surface area contributed by atoms with E-state index in [1.54, 1.807) is 0 Å². The number of amides is 1. The van der Waals surface area contributed by atoms with E-state index in [0.717, 1.165) is 26.2 Å². The molecule has 8 nitrogen and oxygen atoms in total. The van der Waals surface area contributed by atoms with Gasteiger partial charge in [-0.1, -0.05) is 0 Å². The number of aromatic amines is 1. The van der Waals surface area contributed by atoms with E-state index in [1.807, 2.05) is 0 Å². The Hall–Kier alpha value is -1.67. The molecular formula is C12H23N7O. The second-order valence-electron chi connectivity index (χ2n) is 5.83. The van der Waals surface area contributed by atoms with Gasteiger partial charge in [0.25, 0.3) is 5.91 Å². The molecule has 1 fully saturated rings. The van der Waals surface area contributed by atoms with Crippen LogP contribution in [0.5, 0.6) is 0 Å². The molecule has 4 N–H and O–H groups in total. The second-order valence-corrected chi connectivity index (χ2v) is 5.83. The summed E-state index contributed by atoms with van der Waals surface area (Å²) < 4.78 is 0. The molecule has 20 heavy (non-hydrogen) atoms. The van der Waals surface area contributed by atoms with Gasteiger partial charge in [0.05, 0.1) is 0 Å². The van der Waals surface area contributed by atoms with Crippen molar-refractivity contribution in [1.82, 2.24) is 30.3 Å². The molecule has 1 amide bonds. The van der Waals surface area contributed by atoms with Crippen molar-refractivity contribution in [2.24, 2.45) is 0 Å². The summed E-state index contributed by atoms with van der Waals surface area (Å²) in [5.41, 5.74) is 5.29. The van der Waals surface area contributed by atoms with E-state index < -0.39 is 0 Å². The second kappa shape index (κ2) is 5.76. The minimum Gasteiger partial charge on any atom is -0.366 e. The van der Waals surface area contributed by atoms with Crippen LogP contribution in [0.3, 0.4) is 0 Å². The Morgan fingerprint density at radius 3 is 2.60 bits per heavy atom. The Morgan fingerprint density at radius 2 is 2.05 bits per heavy atom. The highest BCUT2D eigenvalue weighted by Gasteiger charge is 2.29. The van der Waals surface area contributed by atoms with Crippen molar-refractivity contribution in [3.63, 3.8) is 0 Å². The molecule has 0 aromatic carbocycles. The summed E-state index contributed by atoms with van der Waals surface area (Å²) in [6.07, 6.45) is 0. The molecule has 1 aromatic rings. The normalized spacial score (nSPS) is 18.1. The molecule has 0 unspecified atom stereocenters. The summed E-state index contributed by atoms with van der Waals surface area (Å²) in [5.74, 6) is -0.0541. The number of hydrogen-bond acceptors (Lipinski definition) is 6. The van der Waals surface area contributed by atoms with E-state index in [1.165, 1.54) is 0 Å². The van der Waals surface area contributed by atoms with Crippen molar-refractivity contribution in [2.45, 2.75) is 19.4 Å². The van der Waals surface area contributed by atoms with Crippen LogP contribution in [0, 0.1) is 0 Å². The Kier molecular flexibility index (Phi) is 4.24. The van der Waals surface area contributed by atoms with E-state index in [9.17, 15) is 4.79 Å². The van der Waals surface area contributed by atoms with Crippen LogP contribution >= 0.6 is 0 Å². The molecule has 0 atom stereocenters. The molecule has 0 radical (unpaired) electrons. The lowest BCUT2D eigenvalue weighted by Gasteiger charge is -2.43. The van der Waals surface area contributed by atoms with Crippen molar-refractivity contribution < 1.29 is 4.79 Å². The molecule has 0 saturated carbocycles. The smallest absolute Gasteiger partial charge is 0.288 e. The van der Waals surface area contributed by atoms with Gasteiger partial charge in [-0.2, -0.15) is 4.98 Å². The summed E-state index contributed by atoms with van der Waals surface area (Å²) in [6, 6.07) is 0. The van der Waals surface area contributed by atoms with Crippen LogP contribution in [0.2, 0.25) is 0 Å². The molecule has 2 heterocycles. The number of H-pyrrole nitrogens is 1. The predicted octanol–water partition coefficient (Wildman–Crippen LogP) is -0.857. The Bertz CT molecular complexity index is 462. The van der Waals surface area contributed by atoms with E-state index >= 15 is 0 Å². The van der Waals surface area contributed by atoms with Gasteiger partial charge < -0.3 is 16.0 Å². The molecular weight excluding hydrogens is 258 g/mol. The zero-order chi connectivity index (χ0) is 14.8. The Morgan fingerprint density at radius 1 is 1.40 bits per heavy atom. The van der Waals surface area contributed by atoms with Crippen LogP contribution in [0.25, 0.3) is 0 Å². The van der Waals surface area contributed by atoms with Crippen LogP contribution in [-0.4, -0.2) is 76.2 Å². The number of carbonyl (C=O) groups excluding carboxylic acids is 1. The van der Waals surface area contributed by atoms with Crippen LogP contribution in [-0.2, 0) is 0 Å². The summed E-state index contributed by atoms with van der Waals surface area (Å²) in [5, 5.41) is 9.03. The quantitative estimate of drug-likeness (QED) is 0.664. The van der Waals surface area contributed by atoms with Gasteiger partial charge in [0.1, 0.15) is 0 Å². The predicted molar refractivity (Wildman–Crippen MR) is 76.3 cm³/mol. The average Bonchev–Trinajstić information content (AvgIpc) is 2.83. The maximum atomic E-state index is 11.9. The zero-order valence-corrected chi connectivity index (χ0v) is 12.3. The molecule has 0 bridgehead atoms. The average molecular weight is 281 g/mol. The summed E-state index contributed by atoms with van der Waals surface area (Å²) in [4.78, 5) is 20.4. The fourth-order valence-electron chi connectivity index (χ4n) is 2.28. The maximum absolute atomic E-state index is 11.9. The molecule has 1 aliphatic heterocycles. The molecule has 0 spiro atoms. The minimum absolute atomic E-state index is 0.0773. The minimum atomic E-state index is -0.281. The van der Waals surface area contributed by atoms with Crippen molar-refractivity contribution in [3.05, 3.63) is 5.82 Å². The van der Waals surface area contributed by atoms with E-state index in [4.69, 9.17) is 5.73 Å². The van der Waals surface area contributed by atoms with Gasteiger partial charge in [0.15, 0.2) is 0 Å². The van der Waals surface area contributed by atoms with Gasteiger partial charge in [-0.25, -0.2) is 0 Å². The van der Waals surface area contributed by atoms with Crippen LogP contribution in [0.15, 0.2) is 0 Å². The highest BCUT2D eigenvalue weighted by Crippen LogP contribution is 2.15. The lowest BCUT2D eigenvalue weighted by atomic mass is 10.0. The monoisotopic (exact) mass is 281 g/mol. The number of anilines is 1. The topological polar surface area (TPSA) is 103 Å². The first-order valence-corrected chi connectivity index (χ1v) is 6.78. The van der Waals surface area contributed by atoms with Gasteiger partial charge in [0.2, 0.25) is 11.8 Å². The lowest BCUT2D eigenvalue weighted by molar-refractivity contribution is 0.0586. The number of hydrogen-bond donors (Lipinski definition) is 3. The highest BCUT2D eigenvalue weighted by atomic mass is 16.2. The molecule has 2 rings (SSSR count). The van der Waals surface area contributed by atoms with Crippen molar-refractivity contribution in [2.75, 3.05) is 45.5 Å². The number of rotatable bonds is 4. The van der Waals surface area contributed by atoms with Gasteiger partial charge in [-0.05, 0) is 20.9 Å². The Balaban J connectivity index is 1.87. The number of nitrogens with one attached hydrogen (secondary N) is 2. The maximum Gasteiger partial charge on any atom is 0.288 e. The number of nitrogens with zero attached hydrogens (tertiary/aromatic N) is 4. The van der Waals surface area contributed by atoms with E-state index in [2.05, 4.69) is 51.2 Å². The molecule has 1 aromatic heterocycles. The fraction of sp³-hybridized carbons (Fsp3) is 0.750. The van der Waals surface area contributed by atoms with Crippen molar-refractivity contribution >= 4 is 11.9 Å². The third kappa shape index (κ3) is 3.45. The number of nitrogen functional groups attached to an aromatic ring is 1. The van der Waals surface area contributed by atoms with E-state index in [0.29, 0.717) is 6.54 Å². The number of carbonyl (C=O) groups is 1. The standard InChI is InChI=1S/C12H23N7O/c1-12(2,19-6-4-18(3)5-7-19)8-14-10(20)9-15-11(13)17-16-9/h4-8H2,1-3H3,(H,14,20)(H3,13,15,16,17). The number of piperazine rings is 1. The van der Waals surface area contributed by atoms with Crippen LogP contribution < -0.4 is 11.1 Å². The van der Waals surface area contributed by atoms with E-state index in [-0.39, 0.29) is 23.2 Å². The van der Waals surface area contributed by atoms with Gasteiger partial charge >= 0.3 is 0 Å². The van der Waals surface area contributed by atoms with Gasteiger partial charge in [0, 0.05) is 38.3 Å². The highest BCUT2D eigenvalue weighted by molar-refractivity contribution is 5.90. The first kappa shape index (κ1) is 14.7. The Labute approximate surface area is 118 Å². The molecule has 112 valence electrons. The third-order valence-corrected chi connectivity index (χ3v) is 3.76. The molecule has 1 saturated heterocycles. The number of nitrogens with two attached hydrogens (primary N) is 1. The van der Waals surface area contributed by atoms with Gasteiger partial charge in [-0.3, -0.25) is 14.8 Å². The largest absolute Gasteiger partial charge is 0.366 e. The van der Waals surface area contributed by atoms with Crippen molar-refractivity contribution in [1.29, 1.82) is 0 Å². The molecule has 1 aliphatic rings. The van der Waals surface area contributed by atoms with Crippen molar-refractivity contribution in [3.8, 4) is 0 Å². The lowest BCUT2D eigenvalue weighted by Crippen LogP contribution is -2.57. The first-order chi connectivity index (χ1) is 9.38. The van der Waals surface area contributed by atoms with Gasteiger partial charge in [-0.15, -0.1) is 5.10 Å². The SMILES string of the molecule is CN1CCN(C(C)(C)CNC(=O)c2nc(N)n[nH]2)CC1. The summed E-state index contributed by atoms with van der Waals surface area (Å²) >= 11 is 0. The number of likely N-dealkylation sites (N-methyl/N-ethyl adjacent to an activating group) is 1. The zero-order valence-electron chi connectivity index (χ0n) is 12.3. The first-order valence-electron chi connectivity index (χ1n) is 6.78. The van der Waals surface area contributed by atoms with Crippen LogP contribution in [0.4, 0.5) is 5.95 Å². The van der Waals surface area contributed by atoms with Crippen LogP contribution in [0.1, 0.15) is 24.5 Å². The summed E-state index contributed by atoms with van der Waals surface area (Å²) in [6.45, 7) is 8.94. The summed E-state index contributed by atoms with van der Waals surface area (Å²) in [7, 11) is 2.13. The molecule has 8 heteroatoms. The number of aromatic nitrogens is 3. The molecule has 0 aliphatic carbocycles. The third-order valence-electron chi connectivity index (χ3n) is 3.76.